The van der Waals surface area contributed by atoms with E-state index in [1.165, 1.54) is 16.7 Å². The van der Waals surface area contributed by atoms with Crippen LogP contribution in [0.3, 0.4) is 0 Å². The van der Waals surface area contributed by atoms with Crippen molar-refractivity contribution in [2.24, 2.45) is 5.10 Å². The van der Waals surface area contributed by atoms with Gasteiger partial charge in [-0.2, -0.15) is 5.10 Å². The number of nitrogens with one attached hydrogen (secondary N) is 1. The van der Waals surface area contributed by atoms with Crippen LogP contribution in [0.1, 0.15) is 43.0 Å². The summed E-state index contributed by atoms with van der Waals surface area (Å²) in [5, 5.41) is 3.99. The van der Waals surface area contributed by atoms with E-state index in [1.54, 1.807) is 42.2 Å². The van der Waals surface area contributed by atoms with E-state index in [1.807, 2.05) is 20.8 Å². The summed E-state index contributed by atoms with van der Waals surface area (Å²) in [6.45, 7) is 9.41. The molecule has 0 spiro atoms. The third-order valence-electron chi connectivity index (χ3n) is 3.84. The van der Waals surface area contributed by atoms with Crippen molar-refractivity contribution < 1.29 is 19.1 Å². The summed E-state index contributed by atoms with van der Waals surface area (Å²) in [6, 6.07) is 13.4. The molecule has 0 saturated carbocycles. The van der Waals surface area contributed by atoms with Crippen molar-refractivity contribution in [2.75, 3.05) is 12.4 Å². The Morgan fingerprint density at radius 3 is 2.32 bits per heavy atom. The van der Waals surface area contributed by atoms with E-state index in [-0.39, 0.29) is 12.5 Å². The molecule has 0 radical (unpaired) electrons. The minimum absolute atomic E-state index is 0.150. The quantitative estimate of drug-likeness (QED) is 0.354. The van der Waals surface area contributed by atoms with Crippen molar-refractivity contribution in [1.82, 2.24) is 5.43 Å². The number of hydrogen-bond donors (Lipinski definition) is 1. The Hall–Kier alpha value is -2.80. The highest BCUT2D eigenvalue weighted by atomic mass is 32.2. The SMILES string of the molecule is Cc1cc(C)cc(CSCC(=O)N/N=C\c2ccc(OCC(=O)OC(C)(C)C)cc2)c1. The number of esters is 1. The van der Waals surface area contributed by atoms with Crippen molar-refractivity contribution in [3.63, 3.8) is 0 Å². The monoisotopic (exact) mass is 442 g/mol. The van der Waals surface area contributed by atoms with Gasteiger partial charge in [-0.05, 0) is 70.0 Å². The molecule has 0 bridgehead atoms. The van der Waals surface area contributed by atoms with E-state index in [4.69, 9.17) is 9.47 Å². The molecule has 0 aromatic heterocycles. The first-order valence-electron chi connectivity index (χ1n) is 10.0. The lowest BCUT2D eigenvalue weighted by Gasteiger charge is -2.19. The first-order valence-corrected chi connectivity index (χ1v) is 11.2. The van der Waals surface area contributed by atoms with Crippen molar-refractivity contribution in [3.05, 3.63) is 64.7 Å². The Morgan fingerprint density at radius 2 is 1.71 bits per heavy atom. The summed E-state index contributed by atoms with van der Waals surface area (Å²) in [5.41, 5.74) is 6.47. The molecule has 6 nitrogen and oxygen atoms in total. The molecular weight excluding hydrogens is 412 g/mol. The minimum Gasteiger partial charge on any atom is -0.482 e. The summed E-state index contributed by atoms with van der Waals surface area (Å²) in [4.78, 5) is 23.6. The summed E-state index contributed by atoms with van der Waals surface area (Å²) >= 11 is 1.55. The van der Waals surface area contributed by atoms with Gasteiger partial charge in [-0.1, -0.05) is 29.3 Å². The maximum Gasteiger partial charge on any atom is 0.344 e. The molecule has 0 unspecified atom stereocenters. The molecule has 2 aromatic rings. The van der Waals surface area contributed by atoms with Gasteiger partial charge in [-0.3, -0.25) is 4.79 Å². The van der Waals surface area contributed by atoms with Crippen LogP contribution in [0.2, 0.25) is 0 Å². The fourth-order valence-electron chi connectivity index (χ4n) is 2.79. The predicted molar refractivity (Wildman–Crippen MR) is 126 cm³/mol. The number of ether oxygens (including phenoxy) is 2. The molecular formula is C24H30N2O4S. The number of thioether (sulfide) groups is 1. The zero-order valence-electron chi connectivity index (χ0n) is 18.7. The van der Waals surface area contributed by atoms with E-state index in [2.05, 4.69) is 42.6 Å². The number of carbonyl (C=O) groups excluding carboxylic acids is 2. The van der Waals surface area contributed by atoms with E-state index in [9.17, 15) is 9.59 Å². The fraction of sp³-hybridized carbons (Fsp3) is 0.375. The highest BCUT2D eigenvalue weighted by molar-refractivity contribution is 7.99. The van der Waals surface area contributed by atoms with E-state index in [0.29, 0.717) is 11.5 Å². The molecule has 2 rings (SSSR count). The van der Waals surface area contributed by atoms with Crippen molar-refractivity contribution in [1.29, 1.82) is 0 Å². The Kier molecular flexibility index (Phi) is 9.12. The maximum absolute atomic E-state index is 11.9. The molecule has 0 atom stereocenters. The highest BCUT2D eigenvalue weighted by Crippen LogP contribution is 2.16. The van der Waals surface area contributed by atoms with Gasteiger partial charge in [0.05, 0.1) is 12.0 Å². The molecule has 7 heteroatoms. The van der Waals surface area contributed by atoms with Gasteiger partial charge in [0.25, 0.3) is 0 Å². The number of rotatable bonds is 9. The molecule has 0 aliphatic rings. The third-order valence-corrected chi connectivity index (χ3v) is 4.85. The smallest absolute Gasteiger partial charge is 0.344 e. The van der Waals surface area contributed by atoms with E-state index < -0.39 is 11.6 Å². The molecule has 166 valence electrons. The van der Waals surface area contributed by atoms with E-state index in [0.717, 1.165) is 11.3 Å². The van der Waals surface area contributed by atoms with Crippen LogP contribution in [0.15, 0.2) is 47.6 Å². The average Bonchev–Trinajstić information content (AvgIpc) is 2.65. The molecule has 2 aromatic carbocycles. The minimum atomic E-state index is -0.538. The average molecular weight is 443 g/mol. The van der Waals surface area contributed by atoms with Crippen molar-refractivity contribution in [2.45, 2.75) is 46.0 Å². The summed E-state index contributed by atoms with van der Waals surface area (Å²) in [5.74, 6) is 1.10. The molecule has 1 N–H and O–H groups in total. The lowest BCUT2D eigenvalue weighted by atomic mass is 10.1. The van der Waals surface area contributed by atoms with Gasteiger partial charge in [-0.25, -0.2) is 10.2 Å². The molecule has 0 saturated heterocycles. The first kappa shape index (κ1) is 24.5. The van der Waals surface area contributed by atoms with Crippen LogP contribution in [0, 0.1) is 13.8 Å². The molecule has 0 fully saturated rings. The Bertz CT molecular complexity index is 898. The summed E-state index contributed by atoms with van der Waals surface area (Å²) < 4.78 is 10.6. The van der Waals surface area contributed by atoms with Crippen LogP contribution in [0.4, 0.5) is 0 Å². The zero-order chi connectivity index (χ0) is 22.9. The first-order chi connectivity index (χ1) is 14.6. The largest absolute Gasteiger partial charge is 0.482 e. The van der Waals surface area contributed by atoms with Gasteiger partial charge >= 0.3 is 5.97 Å². The van der Waals surface area contributed by atoms with Gasteiger partial charge in [0.15, 0.2) is 6.61 Å². The topological polar surface area (TPSA) is 77.0 Å². The molecule has 0 aliphatic carbocycles. The van der Waals surface area contributed by atoms with Gasteiger partial charge < -0.3 is 9.47 Å². The number of hydrogen-bond acceptors (Lipinski definition) is 6. The Balaban J connectivity index is 1.70. The number of carbonyl (C=O) groups is 2. The third kappa shape index (κ3) is 10.2. The second-order valence-corrected chi connectivity index (χ2v) is 9.21. The lowest BCUT2D eigenvalue weighted by Crippen LogP contribution is -2.27. The van der Waals surface area contributed by atoms with Gasteiger partial charge in [0.1, 0.15) is 11.4 Å². The lowest BCUT2D eigenvalue weighted by molar-refractivity contribution is -0.157. The molecule has 31 heavy (non-hydrogen) atoms. The second-order valence-electron chi connectivity index (χ2n) is 8.23. The van der Waals surface area contributed by atoms with Gasteiger partial charge in [0.2, 0.25) is 5.91 Å². The predicted octanol–water partition coefficient (Wildman–Crippen LogP) is 4.41. The second kappa shape index (κ2) is 11.6. The van der Waals surface area contributed by atoms with Crippen molar-refractivity contribution >= 4 is 29.9 Å². The summed E-state index contributed by atoms with van der Waals surface area (Å²) in [7, 11) is 0. The highest BCUT2D eigenvalue weighted by Gasteiger charge is 2.16. The number of nitrogens with zero attached hydrogens (tertiary/aromatic N) is 1. The molecule has 0 aliphatic heterocycles. The normalized spacial score (nSPS) is 11.4. The van der Waals surface area contributed by atoms with Crippen LogP contribution < -0.4 is 10.2 Å². The zero-order valence-corrected chi connectivity index (χ0v) is 19.5. The maximum atomic E-state index is 11.9. The standard InChI is InChI=1S/C24H30N2O4S/c1-17-10-18(2)12-20(11-17)15-31-16-22(27)26-25-13-19-6-8-21(9-7-19)29-14-23(28)30-24(3,4)5/h6-13H,14-16H2,1-5H3,(H,26,27)/b25-13-. The fourth-order valence-corrected chi connectivity index (χ4v) is 3.54. The van der Waals surface area contributed by atoms with Gasteiger partial charge in [-0.15, -0.1) is 11.8 Å². The number of aryl methyl sites for hydroxylation is 2. The van der Waals surface area contributed by atoms with E-state index >= 15 is 0 Å². The molecule has 1 amide bonds. The van der Waals surface area contributed by atoms with Crippen LogP contribution >= 0.6 is 11.8 Å². The van der Waals surface area contributed by atoms with Crippen LogP contribution in [-0.4, -0.2) is 36.1 Å². The van der Waals surface area contributed by atoms with Crippen LogP contribution in [0.25, 0.3) is 0 Å². The number of amides is 1. The van der Waals surface area contributed by atoms with Crippen LogP contribution in [-0.2, 0) is 20.1 Å². The number of hydrazone groups is 1. The summed E-state index contributed by atoms with van der Waals surface area (Å²) in [6.07, 6.45) is 1.56. The Labute approximate surface area is 188 Å². The van der Waals surface area contributed by atoms with Crippen LogP contribution in [0.5, 0.6) is 5.75 Å². The van der Waals surface area contributed by atoms with Gasteiger partial charge in [0, 0.05) is 5.75 Å². The number of benzene rings is 2. The Morgan fingerprint density at radius 1 is 1.06 bits per heavy atom. The van der Waals surface area contributed by atoms with Crippen molar-refractivity contribution in [3.8, 4) is 5.75 Å². The molecule has 0 heterocycles.